The molecule has 34 heavy (non-hydrogen) atoms. The Balaban J connectivity index is 1.57. The highest BCUT2D eigenvalue weighted by atomic mass is 32.2. The molecule has 1 N–H and O–H groups in total. The average molecular weight is 482 g/mol. The topological polar surface area (TPSA) is 114 Å². The molecule has 0 unspecified atom stereocenters. The molecule has 0 aliphatic carbocycles. The van der Waals surface area contributed by atoms with Gasteiger partial charge in [-0.1, -0.05) is 18.2 Å². The number of esters is 1. The molecule has 3 aromatic rings. The van der Waals surface area contributed by atoms with Crippen LogP contribution in [0.25, 0.3) is 0 Å². The van der Waals surface area contributed by atoms with Crippen LogP contribution in [0.15, 0.2) is 84.0 Å². The maximum atomic E-state index is 12.3. The predicted octanol–water partition coefficient (Wildman–Crippen LogP) is 2.83. The second kappa shape index (κ2) is 11.1. The molecule has 0 saturated carbocycles. The molecule has 1 amide bonds. The van der Waals surface area contributed by atoms with Gasteiger partial charge in [-0.2, -0.15) is 5.10 Å². The Kier molecular flexibility index (Phi) is 7.99. The van der Waals surface area contributed by atoms with E-state index in [4.69, 9.17) is 9.47 Å². The van der Waals surface area contributed by atoms with E-state index in [1.54, 1.807) is 72.8 Å². The van der Waals surface area contributed by atoms with Crippen LogP contribution in [0.4, 0.5) is 5.69 Å². The summed E-state index contributed by atoms with van der Waals surface area (Å²) in [5, 5.41) is 3.86. The van der Waals surface area contributed by atoms with Gasteiger partial charge >= 0.3 is 5.97 Å². The van der Waals surface area contributed by atoms with Gasteiger partial charge < -0.3 is 9.47 Å². The maximum Gasteiger partial charge on any atom is 0.343 e. The zero-order valence-electron chi connectivity index (χ0n) is 18.5. The Morgan fingerprint density at radius 3 is 2.15 bits per heavy atom. The van der Waals surface area contributed by atoms with Crippen molar-refractivity contribution in [2.45, 2.75) is 0 Å². The molecule has 0 spiro atoms. The maximum absolute atomic E-state index is 12.3. The van der Waals surface area contributed by atoms with Crippen LogP contribution < -0.4 is 19.2 Å². The van der Waals surface area contributed by atoms with Crippen molar-refractivity contribution < 1.29 is 27.5 Å². The monoisotopic (exact) mass is 481 g/mol. The molecule has 3 aromatic carbocycles. The summed E-state index contributed by atoms with van der Waals surface area (Å²) in [7, 11) is -2.21. The van der Waals surface area contributed by atoms with Crippen molar-refractivity contribution >= 4 is 33.8 Å². The average Bonchev–Trinajstić information content (AvgIpc) is 2.83. The van der Waals surface area contributed by atoms with Gasteiger partial charge in [0.25, 0.3) is 5.91 Å². The van der Waals surface area contributed by atoms with Gasteiger partial charge in [-0.15, -0.1) is 0 Å². The van der Waals surface area contributed by atoms with Gasteiger partial charge in [0.15, 0.2) is 0 Å². The summed E-state index contributed by atoms with van der Waals surface area (Å²) in [4.78, 5) is 24.4. The smallest absolute Gasteiger partial charge is 0.343 e. The van der Waals surface area contributed by atoms with Crippen LogP contribution in [0, 0.1) is 0 Å². The number of methoxy groups -OCH3 is 1. The number of amides is 1. The lowest BCUT2D eigenvalue weighted by atomic mass is 10.2. The first-order valence-electron chi connectivity index (χ1n) is 10.1. The molecule has 0 saturated heterocycles. The molecule has 0 aromatic heterocycles. The number of anilines is 1. The fourth-order valence-corrected chi connectivity index (χ4v) is 3.71. The highest BCUT2D eigenvalue weighted by molar-refractivity contribution is 7.92. The normalized spacial score (nSPS) is 11.1. The molecule has 10 heteroatoms. The Morgan fingerprint density at radius 1 is 0.941 bits per heavy atom. The molecule has 0 aliphatic heterocycles. The number of benzene rings is 3. The lowest BCUT2D eigenvalue weighted by Crippen LogP contribution is -2.39. The molecule has 0 atom stereocenters. The van der Waals surface area contributed by atoms with Crippen molar-refractivity contribution in [3.8, 4) is 11.5 Å². The third-order valence-corrected chi connectivity index (χ3v) is 5.69. The van der Waals surface area contributed by atoms with Gasteiger partial charge in [0.1, 0.15) is 18.0 Å². The molecule has 0 aliphatic rings. The van der Waals surface area contributed by atoms with E-state index < -0.39 is 28.4 Å². The Bertz CT molecular complexity index is 1260. The van der Waals surface area contributed by atoms with E-state index in [0.717, 1.165) is 10.6 Å². The zero-order valence-corrected chi connectivity index (χ0v) is 19.4. The summed E-state index contributed by atoms with van der Waals surface area (Å²) in [6.07, 6.45) is 2.40. The summed E-state index contributed by atoms with van der Waals surface area (Å²) in [6.45, 7) is -0.448. The van der Waals surface area contributed by atoms with Gasteiger partial charge in [-0.25, -0.2) is 18.6 Å². The summed E-state index contributed by atoms with van der Waals surface area (Å²) >= 11 is 0. The standard InChI is InChI=1S/C24H23N3O6S/c1-32-21-14-10-20(11-15-21)27(34(2,30)31)17-23(28)26-25-16-18-8-12-22(13-9-18)33-24(29)19-6-4-3-5-7-19/h3-16H,17H2,1-2H3,(H,26,28)/b25-16+. The van der Waals surface area contributed by atoms with Crippen LogP contribution in [0.3, 0.4) is 0 Å². The number of ether oxygens (including phenoxy) is 2. The highest BCUT2D eigenvalue weighted by Crippen LogP contribution is 2.21. The third-order valence-electron chi connectivity index (χ3n) is 4.55. The first-order valence-corrected chi connectivity index (χ1v) is 11.9. The zero-order chi connectivity index (χ0) is 24.6. The Labute approximate surface area is 197 Å². The van der Waals surface area contributed by atoms with E-state index in [-0.39, 0.29) is 0 Å². The van der Waals surface area contributed by atoms with E-state index >= 15 is 0 Å². The van der Waals surface area contributed by atoms with Gasteiger partial charge in [-0.3, -0.25) is 9.10 Å². The number of carbonyl (C=O) groups is 2. The number of hydrogen-bond acceptors (Lipinski definition) is 7. The third kappa shape index (κ3) is 6.91. The fraction of sp³-hybridized carbons (Fsp3) is 0.125. The molecule has 0 heterocycles. The second-order valence-corrected chi connectivity index (χ2v) is 8.99. The molecular weight excluding hydrogens is 458 g/mol. The Morgan fingerprint density at radius 2 is 1.56 bits per heavy atom. The number of sulfonamides is 1. The van der Waals surface area contributed by atoms with Crippen LogP contribution in [-0.2, 0) is 14.8 Å². The number of rotatable bonds is 9. The largest absolute Gasteiger partial charge is 0.497 e. The SMILES string of the molecule is COc1ccc(N(CC(=O)N/N=C/c2ccc(OC(=O)c3ccccc3)cc2)S(C)(=O)=O)cc1. The minimum absolute atomic E-state index is 0.322. The van der Waals surface area contributed by atoms with Crippen LogP contribution in [0.1, 0.15) is 15.9 Å². The van der Waals surface area contributed by atoms with E-state index in [9.17, 15) is 18.0 Å². The lowest BCUT2D eigenvalue weighted by molar-refractivity contribution is -0.119. The van der Waals surface area contributed by atoms with Crippen molar-refractivity contribution in [3.05, 3.63) is 90.0 Å². The molecule has 0 fully saturated rings. The first-order chi connectivity index (χ1) is 16.3. The van der Waals surface area contributed by atoms with E-state index in [2.05, 4.69) is 10.5 Å². The first kappa shape index (κ1) is 24.5. The van der Waals surface area contributed by atoms with Crippen LogP contribution in [0.5, 0.6) is 11.5 Å². The lowest BCUT2D eigenvalue weighted by Gasteiger charge is -2.21. The quantitative estimate of drug-likeness (QED) is 0.218. The van der Waals surface area contributed by atoms with Crippen molar-refractivity contribution in [2.75, 3.05) is 24.2 Å². The van der Waals surface area contributed by atoms with Crippen molar-refractivity contribution in [2.24, 2.45) is 5.10 Å². The van der Waals surface area contributed by atoms with Crippen molar-refractivity contribution in [1.29, 1.82) is 0 Å². The fourth-order valence-electron chi connectivity index (χ4n) is 2.86. The summed E-state index contributed by atoms with van der Waals surface area (Å²) in [5.41, 5.74) is 3.70. The summed E-state index contributed by atoms with van der Waals surface area (Å²) in [6, 6.07) is 21.4. The molecule has 3 rings (SSSR count). The molecule has 9 nitrogen and oxygen atoms in total. The van der Waals surface area contributed by atoms with Gasteiger partial charge in [0.2, 0.25) is 10.0 Å². The summed E-state index contributed by atoms with van der Waals surface area (Å²) < 4.78 is 35.7. The number of nitrogens with one attached hydrogen (secondary N) is 1. The number of nitrogens with zero attached hydrogens (tertiary/aromatic N) is 2. The van der Waals surface area contributed by atoms with Crippen LogP contribution in [-0.4, -0.2) is 46.4 Å². The summed E-state index contributed by atoms with van der Waals surface area (Å²) in [5.74, 6) is -0.169. The van der Waals surface area contributed by atoms with Crippen LogP contribution in [0.2, 0.25) is 0 Å². The minimum Gasteiger partial charge on any atom is -0.497 e. The number of hydrazone groups is 1. The van der Waals surface area contributed by atoms with Gasteiger partial charge in [-0.05, 0) is 66.2 Å². The van der Waals surface area contributed by atoms with E-state index in [1.165, 1.54) is 13.3 Å². The number of carbonyl (C=O) groups excluding carboxylic acids is 2. The second-order valence-electron chi connectivity index (χ2n) is 7.09. The minimum atomic E-state index is -3.71. The molecular formula is C24H23N3O6S. The van der Waals surface area contributed by atoms with Crippen molar-refractivity contribution in [1.82, 2.24) is 5.43 Å². The van der Waals surface area contributed by atoms with Crippen LogP contribution >= 0.6 is 0 Å². The van der Waals surface area contributed by atoms with Gasteiger partial charge in [0, 0.05) is 0 Å². The van der Waals surface area contributed by atoms with E-state index in [1.807, 2.05) is 6.07 Å². The van der Waals surface area contributed by atoms with Gasteiger partial charge in [0.05, 0.1) is 30.8 Å². The highest BCUT2D eigenvalue weighted by Gasteiger charge is 2.20. The molecule has 0 bridgehead atoms. The Hall–Kier alpha value is -4.18. The molecule has 0 radical (unpaired) electrons. The predicted molar refractivity (Wildman–Crippen MR) is 129 cm³/mol. The van der Waals surface area contributed by atoms with E-state index in [0.29, 0.717) is 28.3 Å². The number of hydrogen-bond donors (Lipinski definition) is 1. The molecule has 176 valence electrons. The van der Waals surface area contributed by atoms with Crippen molar-refractivity contribution in [3.63, 3.8) is 0 Å².